The van der Waals surface area contributed by atoms with Crippen LogP contribution in [-0.4, -0.2) is 0 Å². The van der Waals surface area contributed by atoms with Gasteiger partial charge in [-0.05, 0) is 0 Å². The van der Waals surface area contributed by atoms with Crippen LogP contribution < -0.4 is 0 Å². The first-order valence-electron chi connectivity index (χ1n) is 6.47. The van der Waals surface area contributed by atoms with E-state index in [0.717, 1.165) is 0 Å². The van der Waals surface area contributed by atoms with Gasteiger partial charge in [0, 0.05) is 0 Å². The fourth-order valence-electron chi connectivity index (χ4n) is 2.28. The fraction of sp³-hybridized carbons (Fsp3) is 0. The van der Waals surface area contributed by atoms with Crippen molar-refractivity contribution in [3.8, 4) is 24.3 Å². The van der Waals surface area contributed by atoms with Crippen molar-refractivity contribution in [1.82, 2.24) is 0 Å². The molecule has 1 aliphatic heterocycles. The predicted molar refractivity (Wildman–Crippen MR) is 79.8 cm³/mol. The number of nitriles is 4. The zero-order valence-electron chi connectivity index (χ0n) is 12.1. The Bertz CT molecular complexity index is 997. The van der Waals surface area contributed by atoms with Gasteiger partial charge in [0.1, 0.15) is 46.5 Å². The molecule has 1 aliphatic rings. The molecule has 0 aromatic heterocycles. The first kappa shape index (κ1) is 17.6. The highest BCUT2D eigenvalue weighted by Crippen LogP contribution is 2.54. The van der Waals surface area contributed by atoms with Crippen LogP contribution in [0.3, 0.4) is 0 Å². The van der Waals surface area contributed by atoms with E-state index in [0.29, 0.717) is 0 Å². The van der Waals surface area contributed by atoms with Crippen LogP contribution in [-0.2, 0) is 0 Å². The minimum Gasteiger partial charge on any atom is -0.204 e. The van der Waals surface area contributed by atoms with Gasteiger partial charge in [0.2, 0.25) is 0 Å². The summed E-state index contributed by atoms with van der Waals surface area (Å²) in [7, 11) is 0. The zero-order valence-corrected chi connectivity index (χ0v) is 13.8. The van der Waals surface area contributed by atoms with Crippen molar-refractivity contribution < 1.29 is 17.6 Å². The van der Waals surface area contributed by atoms with Crippen molar-refractivity contribution in [2.75, 3.05) is 0 Å². The monoisotopic (exact) mass is 388 g/mol. The summed E-state index contributed by atoms with van der Waals surface area (Å²) in [6, 6.07) is 5.49. The van der Waals surface area contributed by atoms with Crippen LogP contribution >= 0.6 is 23.5 Å². The summed E-state index contributed by atoms with van der Waals surface area (Å²) in [5, 5.41) is 35.9. The maximum Gasteiger partial charge on any atom is 0.157 e. The number of rotatable bonds is 0. The third-order valence-electron chi connectivity index (χ3n) is 3.44. The molecule has 0 saturated heterocycles. The second-order valence-corrected chi connectivity index (χ2v) is 6.77. The molecule has 2 aromatic carbocycles. The lowest BCUT2D eigenvalue weighted by Crippen LogP contribution is -2.08. The van der Waals surface area contributed by atoms with E-state index in [1.165, 1.54) is 24.3 Å². The molecular formula is C16F4N4S2. The third kappa shape index (κ3) is 2.21. The Kier molecular flexibility index (Phi) is 4.26. The van der Waals surface area contributed by atoms with E-state index in [-0.39, 0.29) is 23.5 Å². The van der Waals surface area contributed by atoms with Crippen molar-refractivity contribution in [2.45, 2.75) is 19.6 Å². The number of hydrogen-bond donors (Lipinski definition) is 0. The summed E-state index contributed by atoms with van der Waals surface area (Å²) in [6.45, 7) is 0. The number of hydrogen-bond acceptors (Lipinski definition) is 6. The van der Waals surface area contributed by atoms with Gasteiger partial charge in [-0.15, -0.1) is 0 Å². The average Bonchev–Trinajstić information content (AvgIpc) is 2.65. The molecule has 26 heavy (non-hydrogen) atoms. The largest absolute Gasteiger partial charge is 0.204 e. The molecule has 1 heterocycles. The van der Waals surface area contributed by atoms with Crippen LogP contribution in [0, 0.1) is 68.6 Å². The average molecular weight is 388 g/mol. The Morgan fingerprint density at radius 2 is 0.654 bits per heavy atom. The molecule has 0 atom stereocenters. The molecular weight excluding hydrogens is 388 g/mol. The van der Waals surface area contributed by atoms with E-state index in [4.69, 9.17) is 21.0 Å². The summed E-state index contributed by atoms with van der Waals surface area (Å²) >= 11 is 0.579. The van der Waals surface area contributed by atoms with E-state index in [9.17, 15) is 17.6 Å². The molecule has 0 unspecified atom stereocenters. The molecule has 0 bridgehead atoms. The SMILES string of the molecule is N#Cc1c(F)c2c(c(F)c1C#N)Sc1c(F)c(C#N)c(C#N)c(F)c1S2. The minimum absolute atomic E-state index is 0.290. The lowest BCUT2D eigenvalue weighted by atomic mass is 10.1. The maximum absolute atomic E-state index is 14.5. The normalized spacial score (nSPS) is 11.4. The quantitative estimate of drug-likeness (QED) is 0.532. The Balaban J connectivity index is 2.39. The van der Waals surface area contributed by atoms with Gasteiger partial charge in [0.05, 0.1) is 19.6 Å². The summed E-state index contributed by atoms with van der Waals surface area (Å²) < 4.78 is 58.1. The van der Waals surface area contributed by atoms with Gasteiger partial charge in [-0.1, -0.05) is 23.5 Å². The van der Waals surface area contributed by atoms with E-state index in [1.54, 1.807) is 0 Å². The van der Waals surface area contributed by atoms with Crippen LogP contribution in [0.1, 0.15) is 22.3 Å². The molecule has 0 radical (unpaired) electrons. The van der Waals surface area contributed by atoms with Crippen molar-refractivity contribution >= 4 is 23.5 Å². The first-order valence-corrected chi connectivity index (χ1v) is 8.10. The summed E-state index contributed by atoms with van der Waals surface area (Å²) in [4.78, 5) is -1.99. The lowest BCUT2D eigenvalue weighted by Gasteiger charge is -2.22. The molecule has 0 spiro atoms. The van der Waals surface area contributed by atoms with Gasteiger partial charge in [0.25, 0.3) is 0 Å². The van der Waals surface area contributed by atoms with Crippen molar-refractivity contribution in [1.29, 1.82) is 21.0 Å². The van der Waals surface area contributed by atoms with Crippen LogP contribution in [0.15, 0.2) is 19.6 Å². The van der Waals surface area contributed by atoms with Crippen LogP contribution in [0.4, 0.5) is 17.6 Å². The van der Waals surface area contributed by atoms with Gasteiger partial charge in [-0.3, -0.25) is 0 Å². The van der Waals surface area contributed by atoms with Crippen LogP contribution in [0.2, 0.25) is 0 Å². The molecule has 3 rings (SSSR count). The highest BCUT2D eigenvalue weighted by molar-refractivity contribution is 8.05. The molecule has 0 fully saturated rings. The fourth-order valence-corrected chi connectivity index (χ4v) is 4.68. The second-order valence-electron chi connectivity index (χ2n) is 4.72. The molecule has 0 saturated carbocycles. The van der Waals surface area contributed by atoms with E-state index in [2.05, 4.69) is 0 Å². The number of fused-ring (bicyclic) bond motifs is 2. The third-order valence-corrected chi connectivity index (χ3v) is 6.05. The molecule has 0 amide bonds. The van der Waals surface area contributed by atoms with Gasteiger partial charge in [0.15, 0.2) is 23.3 Å². The number of halogens is 4. The van der Waals surface area contributed by atoms with Crippen LogP contribution in [0.5, 0.6) is 0 Å². The van der Waals surface area contributed by atoms with Crippen LogP contribution in [0.25, 0.3) is 0 Å². The summed E-state index contributed by atoms with van der Waals surface area (Å²) in [5.41, 5.74) is -3.41. The topological polar surface area (TPSA) is 95.2 Å². The van der Waals surface area contributed by atoms with Gasteiger partial charge in [-0.25, -0.2) is 17.6 Å². The molecule has 4 nitrogen and oxygen atoms in total. The van der Waals surface area contributed by atoms with Gasteiger partial charge < -0.3 is 0 Å². The number of nitrogens with zero attached hydrogens (tertiary/aromatic N) is 4. The standard InChI is InChI=1S/C16F4N4S2/c17-9-5(1-21)6(2-22)10(18)14-13(9)25-15-11(19)7(3-23)8(4-24)12(20)16(15)26-14. The van der Waals surface area contributed by atoms with Crippen molar-refractivity contribution in [3.63, 3.8) is 0 Å². The molecule has 124 valence electrons. The smallest absolute Gasteiger partial charge is 0.157 e. The zero-order chi connectivity index (χ0) is 19.2. The Morgan fingerprint density at radius 3 is 0.808 bits per heavy atom. The second kappa shape index (κ2) is 6.28. The Hall–Kier alpha value is -3.18. The lowest BCUT2D eigenvalue weighted by molar-refractivity contribution is 0.529. The number of benzene rings is 2. The highest BCUT2D eigenvalue weighted by atomic mass is 32.2. The Morgan fingerprint density at radius 1 is 0.462 bits per heavy atom. The molecule has 2 aromatic rings. The maximum atomic E-state index is 14.5. The summed E-state index contributed by atoms with van der Waals surface area (Å²) in [5.74, 6) is -4.98. The summed E-state index contributed by atoms with van der Waals surface area (Å²) in [6.07, 6.45) is 0. The van der Waals surface area contributed by atoms with E-state index in [1.807, 2.05) is 0 Å². The first-order chi connectivity index (χ1) is 12.4. The van der Waals surface area contributed by atoms with E-state index >= 15 is 0 Å². The Labute approximate surface area is 151 Å². The molecule has 0 N–H and O–H groups in total. The van der Waals surface area contributed by atoms with Crippen molar-refractivity contribution in [3.05, 3.63) is 45.5 Å². The van der Waals surface area contributed by atoms with Crippen molar-refractivity contribution in [2.24, 2.45) is 0 Å². The predicted octanol–water partition coefficient (Wildman–Crippen LogP) is 4.35. The highest BCUT2D eigenvalue weighted by Gasteiger charge is 2.35. The molecule has 0 aliphatic carbocycles. The van der Waals surface area contributed by atoms with Gasteiger partial charge in [-0.2, -0.15) is 21.0 Å². The minimum atomic E-state index is -1.24. The van der Waals surface area contributed by atoms with Gasteiger partial charge >= 0.3 is 0 Å². The van der Waals surface area contributed by atoms with E-state index < -0.39 is 65.1 Å². The molecule has 10 heteroatoms.